The predicted molar refractivity (Wildman–Crippen MR) is 107 cm³/mol. The molecule has 3 rings (SSSR count). The molecule has 1 aliphatic heterocycles. The van der Waals surface area contributed by atoms with Gasteiger partial charge in [-0.05, 0) is 44.4 Å². The van der Waals surface area contributed by atoms with Crippen LogP contribution in [0, 0.1) is 5.92 Å². The zero-order chi connectivity index (χ0) is 20.5. The summed E-state index contributed by atoms with van der Waals surface area (Å²) in [5.41, 5.74) is 0.246. The second-order valence-corrected chi connectivity index (χ2v) is 7.88. The van der Waals surface area contributed by atoms with E-state index in [0.29, 0.717) is 31.6 Å². The van der Waals surface area contributed by atoms with Gasteiger partial charge < -0.3 is 18.9 Å². The van der Waals surface area contributed by atoms with Gasteiger partial charge in [0.25, 0.3) is 5.91 Å². The summed E-state index contributed by atoms with van der Waals surface area (Å²) >= 11 is 6.38. The normalized spacial score (nSPS) is 23.0. The predicted octanol–water partition coefficient (Wildman–Crippen LogP) is 2.85. The summed E-state index contributed by atoms with van der Waals surface area (Å²) in [6.45, 7) is 3.27. The summed E-state index contributed by atoms with van der Waals surface area (Å²) in [5.74, 6) is 0.521. The molecule has 0 radical (unpaired) electrons. The minimum absolute atomic E-state index is 0.0342. The van der Waals surface area contributed by atoms with Crippen LogP contribution >= 0.6 is 11.8 Å². The Kier molecular flexibility index (Phi) is 8.92. The first kappa shape index (κ1) is 22.2. The molecule has 2 fully saturated rings. The maximum absolute atomic E-state index is 12.8. The van der Waals surface area contributed by atoms with Gasteiger partial charge in [-0.2, -0.15) is 0 Å². The number of hydrogen-bond acceptors (Lipinski definition) is 7. The Morgan fingerprint density at radius 1 is 1.17 bits per heavy atom. The van der Waals surface area contributed by atoms with Gasteiger partial charge in [0.05, 0.1) is 25.9 Å². The number of amides is 1. The van der Waals surface area contributed by atoms with Gasteiger partial charge in [-0.1, -0.05) is 0 Å². The second-order valence-electron chi connectivity index (χ2n) is 7.52. The molecule has 162 valence electrons. The van der Waals surface area contributed by atoms with Gasteiger partial charge in [-0.15, -0.1) is 0 Å². The first-order valence-corrected chi connectivity index (χ1v) is 10.6. The average Bonchev–Trinajstić information content (AvgIpc) is 2.78. The van der Waals surface area contributed by atoms with Crippen LogP contribution in [0.2, 0.25) is 0 Å². The van der Waals surface area contributed by atoms with Gasteiger partial charge in [-0.25, -0.2) is 14.4 Å². The van der Waals surface area contributed by atoms with Crippen molar-refractivity contribution in [3.63, 3.8) is 0 Å². The molecule has 0 N–H and O–H groups in total. The summed E-state index contributed by atoms with van der Waals surface area (Å²) in [4.78, 5) is 21.0. The number of carbonyl (C=O) groups excluding carboxylic acids is 1. The van der Waals surface area contributed by atoms with Crippen LogP contribution in [0.15, 0.2) is 12.4 Å². The van der Waals surface area contributed by atoms with Gasteiger partial charge in [0, 0.05) is 44.2 Å². The molecule has 0 bridgehead atoms. The Hall–Kier alpha value is -1.48. The Morgan fingerprint density at radius 2 is 1.93 bits per heavy atom. The third-order valence-corrected chi connectivity index (χ3v) is 5.90. The molecule has 1 aromatic rings. The van der Waals surface area contributed by atoms with Crippen molar-refractivity contribution in [1.29, 1.82) is 0 Å². The molecule has 0 unspecified atom stereocenters. The van der Waals surface area contributed by atoms with Gasteiger partial charge in [0.15, 0.2) is 0 Å². The Bertz CT molecular complexity index is 636. The van der Waals surface area contributed by atoms with Crippen molar-refractivity contribution in [3.8, 4) is 5.88 Å². The van der Waals surface area contributed by atoms with Crippen LogP contribution in [-0.2, 0) is 14.2 Å². The molecule has 0 spiro atoms. The topological polar surface area (TPSA) is 83.0 Å². The maximum atomic E-state index is 12.8. The van der Waals surface area contributed by atoms with E-state index in [-0.39, 0.29) is 23.7 Å². The Labute approximate surface area is 176 Å². The molecule has 0 atom stereocenters. The number of nitrogens with zero attached hydrogens (tertiary/aromatic N) is 3. The highest BCUT2D eigenvalue weighted by Gasteiger charge is 2.30. The zero-order valence-electron chi connectivity index (χ0n) is 16.9. The zero-order valence-corrected chi connectivity index (χ0v) is 17.7. The molecule has 1 aromatic heterocycles. The molecule has 1 saturated carbocycles. The number of aromatic nitrogens is 2. The summed E-state index contributed by atoms with van der Waals surface area (Å²) in [6.07, 6.45) is 6.83. The summed E-state index contributed by atoms with van der Waals surface area (Å²) in [6, 6.07) is 1.53. The van der Waals surface area contributed by atoms with E-state index in [0.717, 1.165) is 51.7 Å². The third kappa shape index (κ3) is 6.77. The fraction of sp³-hybridized carbons (Fsp3) is 0.750. The van der Waals surface area contributed by atoms with Crippen LogP contribution in [-0.4, -0.2) is 72.6 Å². The van der Waals surface area contributed by atoms with E-state index in [1.165, 1.54) is 10.7 Å². The summed E-state index contributed by atoms with van der Waals surface area (Å²) in [7, 11) is 1.66. The standard InChI is InChI=1S/C20H30ClN3O5/c1-26-10-11-28-17-4-2-16(3-5-17)24(21)20(25)18-12-19(23-14-22-18)29-13-15-6-8-27-9-7-15/h12,14-17H,2-11,13H2,1H3. The largest absolute Gasteiger partial charge is 0.477 e. The average molecular weight is 428 g/mol. The molecule has 2 aliphatic rings. The second kappa shape index (κ2) is 11.6. The van der Waals surface area contributed by atoms with Gasteiger partial charge >= 0.3 is 0 Å². The highest BCUT2D eigenvalue weighted by molar-refractivity contribution is 6.24. The van der Waals surface area contributed by atoms with Crippen LogP contribution in [0.1, 0.15) is 49.0 Å². The molecule has 2 heterocycles. The van der Waals surface area contributed by atoms with E-state index in [1.54, 1.807) is 13.2 Å². The molecule has 9 heteroatoms. The minimum Gasteiger partial charge on any atom is -0.477 e. The lowest BCUT2D eigenvalue weighted by Crippen LogP contribution is -2.38. The lowest BCUT2D eigenvalue weighted by Gasteiger charge is -2.32. The molecular weight excluding hydrogens is 398 g/mol. The molecule has 8 nitrogen and oxygen atoms in total. The Morgan fingerprint density at radius 3 is 2.66 bits per heavy atom. The van der Waals surface area contributed by atoms with E-state index < -0.39 is 0 Å². The highest BCUT2D eigenvalue weighted by atomic mass is 35.5. The van der Waals surface area contributed by atoms with Crippen molar-refractivity contribution in [1.82, 2.24) is 14.4 Å². The van der Waals surface area contributed by atoms with Crippen molar-refractivity contribution in [2.24, 2.45) is 5.92 Å². The van der Waals surface area contributed by atoms with E-state index in [4.69, 9.17) is 30.7 Å². The lowest BCUT2D eigenvalue weighted by molar-refractivity contribution is -0.00799. The van der Waals surface area contributed by atoms with Crippen LogP contribution in [0.4, 0.5) is 0 Å². The highest BCUT2D eigenvalue weighted by Crippen LogP contribution is 2.27. The van der Waals surface area contributed by atoms with Gasteiger partial charge in [0.1, 0.15) is 12.0 Å². The van der Waals surface area contributed by atoms with Crippen molar-refractivity contribution in [2.75, 3.05) is 40.1 Å². The maximum Gasteiger partial charge on any atom is 0.287 e. The first-order valence-electron chi connectivity index (χ1n) is 10.3. The number of rotatable bonds is 9. The SMILES string of the molecule is COCCOC1CCC(N(Cl)C(=O)c2cc(OCC3CCOCC3)ncn2)CC1. The Balaban J connectivity index is 1.48. The van der Waals surface area contributed by atoms with Crippen LogP contribution in [0.25, 0.3) is 0 Å². The molecule has 1 amide bonds. The number of methoxy groups -OCH3 is 1. The number of hydrogen-bond donors (Lipinski definition) is 0. The van der Waals surface area contributed by atoms with Crippen LogP contribution < -0.4 is 4.74 Å². The monoisotopic (exact) mass is 427 g/mol. The lowest BCUT2D eigenvalue weighted by atomic mass is 9.93. The molecule has 0 aromatic carbocycles. The fourth-order valence-electron chi connectivity index (χ4n) is 3.66. The van der Waals surface area contributed by atoms with Crippen molar-refractivity contribution in [2.45, 2.75) is 50.7 Å². The smallest absolute Gasteiger partial charge is 0.287 e. The van der Waals surface area contributed by atoms with E-state index >= 15 is 0 Å². The van der Waals surface area contributed by atoms with E-state index in [9.17, 15) is 4.79 Å². The molecule has 29 heavy (non-hydrogen) atoms. The summed E-state index contributed by atoms with van der Waals surface area (Å²) in [5, 5.41) is 0. The molecular formula is C20H30ClN3O5. The van der Waals surface area contributed by atoms with Gasteiger partial charge in [0.2, 0.25) is 5.88 Å². The number of carbonyl (C=O) groups is 1. The first-order chi connectivity index (χ1) is 14.2. The van der Waals surface area contributed by atoms with E-state index in [2.05, 4.69) is 9.97 Å². The summed E-state index contributed by atoms with van der Waals surface area (Å²) < 4.78 is 23.2. The number of halogens is 1. The van der Waals surface area contributed by atoms with Crippen molar-refractivity contribution < 1.29 is 23.7 Å². The number of ether oxygens (including phenoxy) is 4. The molecule has 1 aliphatic carbocycles. The third-order valence-electron chi connectivity index (χ3n) is 5.47. The molecule has 1 saturated heterocycles. The minimum atomic E-state index is -0.325. The van der Waals surface area contributed by atoms with E-state index in [1.807, 2.05) is 0 Å². The van der Waals surface area contributed by atoms with Crippen molar-refractivity contribution >= 4 is 17.7 Å². The quantitative estimate of drug-likeness (QED) is 0.442. The van der Waals surface area contributed by atoms with Crippen LogP contribution in [0.3, 0.4) is 0 Å². The van der Waals surface area contributed by atoms with Crippen LogP contribution in [0.5, 0.6) is 5.88 Å². The van der Waals surface area contributed by atoms with Crippen molar-refractivity contribution in [3.05, 3.63) is 18.1 Å². The van der Waals surface area contributed by atoms with Gasteiger partial charge in [-0.3, -0.25) is 4.79 Å². The fourth-order valence-corrected chi connectivity index (χ4v) is 3.95.